The molecule has 4 atom stereocenters. The summed E-state index contributed by atoms with van der Waals surface area (Å²) in [7, 11) is 0. The molecule has 2 fully saturated rings. The number of nitrogens with zero attached hydrogens (tertiary/aromatic N) is 2. The maximum absolute atomic E-state index is 13.5. The quantitative estimate of drug-likeness (QED) is 0.678. The zero-order valence-electron chi connectivity index (χ0n) is 15.4. The van der Waals surface area contributed by atoms with Crippen molar-refractivity contribution < 1.29 is 14.4 Å². The molecule has 29 heavy (non-hydrogen) atoms. The fourth-order valence-corrected chi connectivity index (χ4v) is 5.28. The monoisotopic (exact) mass is 426 g/mol. The van der Waals surface area contributed by atoms with Crippen molar-refractivity contribution in [1.29, 1.82) is 0 Å². The van der Waals surface area contributed by atoms with Gasteiger partial charge in [0.05, 0.1) is 34.6 Å². The molecule has 3 aliphatic heterocycles. The van der Waals surface area contributed by atoms with Gasteiger partial charge in [-0.05, 0) is 42.3 Å². The fraction of sp³-hybridized carbons (Fsp3) is 0.227. The molecule has 5 rings (SSSR count). The Bertz CT molecular complexity index is 1110. The highest BCUT2D eigenvalue weighted by Crippen LogP contribution is 2.53. The summed E-state index contributed by atoms with van der Waals surface area (Å²) in [5, 5.41) is 0.633. The molecule has 0 radical (unpaired) electrons. The van der Waals surface area contributed by atoms with Crippen LogP contribution in [0.15, 0.2) is 48.7 Å². The molecule has 0 spiro atoms. The molecular weight excluding hydrogens is 411 g/mol. The van der Waals surface area contributed by atoms with Crippen LogP contribution in [0.5, 0.6) is 0 Å². The van der Waals surface area contributed by atoms with E-state index in [1.54, 1.807) is 12.1 Å². The lowest BCUT2D eigenvalue weighted by Gasteiger charge is -2.35. The number of Topliss-reactive ketones (excluding diaryl/α,β-unsaturated/α-hetero) is 1. The fourth-order valence-electron chi connectivity index (χ4n) is 4.92. The van der Waals surface area contributed by atoms with E-state index < -0.39 is 23.8 Å². The third-order valence-electron chi connectivity index (χ3n) is 6.03. The zero-order chi connectivity index (χ0) is 20.4. The van der Waals surface area contributed by atoms with Gasteiger partial charge in [0, 0.05) is 11.2 Å². The Morgan fingerprint density at radius 1 is 1.00 bits per heavy atom. The largest absolute Gasteiger partial charge is 0.359 e. The van der Waals surface area contributed by atoms with E-state index in [2.05, 4.69) is 0 Å². The Labute approximate surface area is 177 Å². The number of carbonyl (C=O) groups excluding carboxylic acids is 3. The minimum atomic E-state index is -0.768. The van der Waals surface area contributed by atoms with E-state index in [0.29, 0.717) is 5.02 Å². The normalized spacial score (nSPS) is 27.1. The second-order valence-corrected chi connectivity index (χ2v) is 8.40. The molecule has 2 amide bonds. The molecule has 0 aliphatic carbocycles. The third kappa shape index (κ3) is 2.51. The number of carbonyl (C=O) groups is 3. The van der Waals surface area contributed by atoms with E-state index in [0.717, 1.165) is 16.0 Å². The summed E-state index contributed by atoms with van der Waals surface area (Å²) in [4.78, 5) is 42.5. The lowest BCUT2D eigenvalue weighted by Crippen LogP contribution is -2.43. The summed E-state index contributed by atoms with van der Waals surface area (Å²) in [5.41, 5.74) is 2.18. The first kappa shape index (κ1) is 18.4. The Kier molecular flexibility index (Phi) is 4.09. The average Bonchev–Trinajstić information content (AvgIpc) is 3.17. The number of imide groups is 1. The van der Waals surface area contributed by atoms with Crippen LogP contribution in [0.3, 0.4) is 0 Å². The molecule has 7 heteroatoms. The van der Waals surface area contributed by atoms with Crippen LogP contribution in [-0.2, 0) is 14.4 Å². The van der Waals surface area contributed by atoms with Crippen LogP contribution >= 0.6 is 23.2 Å². The van der Waals surface area contributed by atoms with E-state index in [-0.39, 0.29) is 28.4 Å². The van der Waals surface area contributed by atoms with Crippen LogP contribution < -0.4 is 4.90 Å². The number of fused-ring (bicyclic) bond motifs is 5. The summed E-state index contributed by atoms with van der Waals surface area (Å²) in [5.74, 6) is -2.35. The highest BCUT2D eigenvalue weighted by atomic mass is 35.5. The Morgan fingerprint density at radius 2 is 1.72 bits per heavy atom. The van der Waals surface area contributed by atoms with Crippen molar-refractivity contribution in [2.45, 2.75) is 19.0 Å². The predicted octanol–water partition coefficient (Wildman–Crippen LogP) is 4.10. The number of rotatable bonds is 2. The molecule has 0 N–H and O–H groups in total. The molecular formula is C22H16Cl2N2O3. The SMILES string of the molecule is CC(=O)[C@@H]1[C@@H]2C(=O)N(c3cc(Cl)ccc3Cl)C(=O)[C@@H]2C2c3ccccc3C=CN21. The van der Waals surface area contributed by atoms with E-state index in [1.165, 1.54) is 13.0 Å². The molecule has 0 bridgehead atoms. The number of amides is 2. The van der Waals surface area contributed by atoms with Crippen molar-refractivity contribution in [3.8, 4) is 0 Å². The first-order chi connectivity index (χ1) is 13.9. The minimum Gasteiger partial charge on any atom is -0.359 e. The van der Waals surface area contributed by atoms with Gasteiger partial charge < -0.3 is 4.90 Å². The summed E-state index contributed by atoms with van der Waals surface area (Å²) in [6.45, 7) is 1.46. The number of halogens is 2. The second kappa shape index (κ2) is 6.44. The van der Waals surface area contributed by atoms with Crippen molar-refractivity contribution >= 4 is 52.6 Å². The smallest absolute Gasteiger partial charge is 0.240 e. The van der Waals surface area contributed by atoms with E-state index in [1.807, 2.05) is 41.4 Å². The third-order valence-corrected chi connectivity index (χ3v) is 6.58. The molecule has 2 aromatic carbocycles. The lowest BCUT2D eigenvalue weighted by atomic mass is 9.84. The van der Waals surface area contributed by atoms with Gasteiger partial charge in [0.1, 0.15) is 0 Å². The molecule has 0 aromatic heterocycles. The number of hydrogen-bond acceptors (Lipinski definition) is 4. The van der Waals surface area contributed by atoms with Gasteiger partial charge in [-0.2, -0.15) is 0 Å². The van der Waals surface area contributed by atoms with E-state index in [4.69, 9.17) is 23.2 Å². The number of benzene rings is 2. The van der Waals surface area contributed by atoms with Crippen molar-refractivity contribution in [3.05, 3.63) is 69.8 Å². The maximum atomic E-state index is 13.5. The zero-order valence-corrected chi connectivity index (χ0v) is 16.9. The summed E-state index contributed by atoms with van der Waals surface area (Å²) >= 11 is 12.4. The average molecular weight is 427 g/mol. The van der Waals surface area contributed by atoms with Gasteiger partial charge >= 0.3 is 0 Å². The van der Waals surface area contributed by atoms with Gasteiger partial charge in [0.2, 0.25) is 11.8 Å². The molecule has 3 heterocycles. The van der Waals surface area contributed by atoms with Crippen molar-refractivity contribution in [2.24, 2.45) is 11.8 Å². The number of anilines is 1. The first-order valence-electron chi connectivity index (χ1n) is 9.28. The van der Waals surface area contributed by atoms with Gasteiger partial charge in [0.15, 0.2) is 5.78 Å². The Morgan fingerprint density at radius 3 is 2.48 bits per heavy atom. The van der Waals surface area contributed by atoms with Crippen LogP contribution in [0, 0.1) is 11.8 Å². The maximum Gasteiger partial charge on any atom is 0.240 e. The first-order valence-corrected chi connectivity index (χ1v) is 10.0. The standard InChI is InChI=1S/C22H16Cl2N2O3/c1-11(27)19-17-18(20-14-5-3-2-4-12(14)8-9-25(19)20)22(29)26(21(17)28)16-10-13(23)6-7-15(16)24/h2-10,17-20H,1H3/t17-,18+,19-,20?/m1/s1. The van der Waals surface area contributed by atoms with Crippen LogP contribution in [0.4, 0.5) is 5.69 Å². The number of hydrogen-bond donors (Lipinski definition) is 0. The van der Waals surface area contributed by atoms with Crippen LogP contribution in [0.1, 0.15) is 24.1 Å². The van der Waals surface area contributed by atoms with Crippen LogP contribution in [0.2, 0.25) is 10.0 Å². The van der Waals surface area contributed by atoms with Crippen molar-refractivity contribution in [3.63, 3.8) is 0 Å². The van der Waals surface area contributed by atoms with Crippen LogP contribution in [0.25, 0.3) is 6.08 Å². The molecule has 2 aromatic rings. The molecule has 1 unspecified atom stereocenters. The second-order valence-electron chi connectivity index (χ2n) is 7.55. The van der Waals surface area contributed by atoms with Gasteiger partial charge in [-0.3, -0.25) is 14.4 Å². The van der Waals surface area contributed by atoms with E-state index >= 15 is 0 Å². The molecule has 2 saturated heterocycles. The van der Waals surface area contributed by atoms with Crippen molar-refractivity contribution in [2.75, 3.05) is 4.90 Å². The minimum absolute atomic E-state index is 0.147. The van der Waals surface area contributed by atoms with Crippen LogP contribution in [-0.4, -0.2) is 28.5 Å². The van der Waals surface area contributed by atoms with Gasteiger partial charge in [-0.15, -0.1) is 0 Å². The van der Waals surface area contributed by atoms with Gasteiger partial charge in [-0.1, -0.05) is 47.5 Å². The molecule has 5 nitrogen and oxygen atoms in total. The van der Waals surface area contributed by atoms with Crippen molar-refractivity contribution in [1.82, 2.24) is 4.90 Å². The molecule has 3 aliphatic rings. The highest BCUT2D eigenvalue weighted by molar-refractivity contribution is 6.38. The lowest BCUT2D eigenvalue weighted by molar-refractivity contribution is -0.129. The van der Waals surface area contributed by atoms with E-state index in [9.17, 15) is 14.4 Å². The topological polar surface area (TPSA) is 57.7 Å². The summed E-state index contributed by atoms with van der Waals surface area (Å²) in [6, 6.07) is 11.3. The summed E-state index contributed by atoms with van der Waals surface area (Å²) in [6.07, 6.45) is 3.75. The Hall–Kier alpha value is -2.63. The molecule has 0 saturated carbocycles. The Balaban J connectivity index is 1.67. The summed E-state index contributed by atoms with van der Waals surface area (Å²) < 4.78 is 0. The highest BCUT2D eigenvalue weighted by Gasteiger charge is 2.64. The predicted molar refractivity (Wildman–Crippen MR) is 110 cm³/mol. The number of ketones is 1. The van der Waals surface area contributed by atoms with Gasteiger partial charge in [0.25, 0.3) is 0 Å². The molecule has 146 valence electrons. The van der Waals surface area contributed by atoms with Gasteiger partial charge in [-0.25, -0.2) is 4.90 Å².